The largest absolute Gasteiger partial charge is 0.294 e. The van der Waals surface area contributed by atoms with Crippen molar-refractivity contribution in [2.75, 3.05) is 0 Å². The Bertz CT molecular complexity index is 672. The second-order valence-electron chi connectivity index (χ2n) is 6.92. The van der Waals surface area contributed by atoms with Gasteiger partial charge in [0.1, 0.15) is 5.82 Å². The number of hydrogen-bond donors (Lipinski definition) is 0. The maximum Gasteiger partial charge on any atom is 0.189 e. The summed E-state index contributed by atoms with van der Waals surface area (Å²) in [5, 5.41) is 0. The second-order valence-corrected chi connectivity index (χ2v) is 6.92. The topological polar surface area (TPSA) is 34.1 Å². The van der Waals surface area contributed by atoms with E-state index in [0.717, 1.165) is 12.8 Å². The number of hydrogen-bond acceptors (Lipinski definition) is 2. The average molecular weight is 286 g/mol. The summed E-state index contributed by atoms with van der Waals surface area (Å²) in [4.78, 5) is 24.9. The van der Waals surface area contributed by atoms with Crippen LogP contribution in [0.3, 0.4) is 0 Å². The number of ketones is 2. The molecule has 0 N–H and O–H groups in total. The number of fused-ring (bicyclic) bond motifs is 2. The van der Waals surface area contributed by atoms with Gasteiger partial charge in [0.2, 0.25) is 0 Å². The van der Waals surface area contributed by atoms with E-state index in [1.165, 1.54) is 18.2 Å². The Morgan fingerprint density at radius 1 is 1.29 bits per heavy atom. The van der Waals surface area contributed by atoms with Crippen LogP contribution in [0.2, 0.25) is 0 Å². The van der Waals surface area contributed by atoms with E-state index in [2.05, 4.69) is 13.8 Å². The Hall–Kier alpha value is -1.77. The molecule has 2 atom stereocenters. The van der Waals surface area contributed by atoms with Crippen LogP contribution in [0.25, 0.3) is 0 Å². The van der Waals surface area contributed by atoms with Gasteiger partial charge in [-0.15, -0.1) is 0 Å². The van der Waals surface area contributed by atoms with Crippen molar-refractivity contribution in [3.63, 3.8) is 0 Å². The zero-order valence-corrected chi connectivity index (χ0v) is 12.6. The van der Waals surface area contributed by atoms with Crippen molar-refractivity contribution >= 4 is 11.6 Å². The van der Waals surface area contributed by atoms with Crippen LogP contribution in [0.5, 0.6) is 0 Å². The molecule has 2 aliphatic rings. The minimum atomic E-state index is -0.541. The van der Waals surface area contributed by atoms with Gasteiger partial charge in [0.05, 0.1) is 5.56 Å². The Balaban J connectivity index is 2.01. The van der Waals surface area contributed by atoms with E-state index in [-0.39, 0.29) is 28.1 Å². The van der Waals surface area contributed by atoms with E-state index in [9.17, 15) is 14.0 Å². The lowest BCUT2D eigenvalue weighted by molar-refractivity contribution is -0.125. The van der Waals surface area contributed by atoms with E-state index >= 15 is 0 Å². The molecule has 0 radical (unpaired) electrons. The first-order valence-electron chi connectivity index (χ1n) is 7.34. The van der Waals surface area contributed by atoms with Crippen LogP contribution in [0.1, 0.15) is 44.0 Å². The molecule has 110 valence electrons. The summed E-state index contributed by atoms with van der Waals surface area (Å²) in [6.45, 7) is 6.18. The smallest absolute Gasteiger partial charge is 0.189 e. The van der Waals surface area contributed by atoms with Gasteiger partial charge in [0.15, 0.2) is 11.6 Å². The normalized spacial score (nSPS) is 31.9. The minimum absolute atomic E-state index is 0.0310. The number of Topliss-reactive ketones (excluding diaryl/α,β-unsaturated/α-hetero) is 1. The van der Waals surface area contributed by atoms with Gasteiger partial charge in [-0.05, 0) is 42.4 Å². The molecule has 2 nitrogen and oxygen atoms in total. The Labute approximate surface area is 124 Å². The lowest BCUT2D eigenvalue weighted by Crippen LogP contribution is -2.32. The summed E-state index contributed by atoms with van der Waals surface area (Å²) in [7, 11) is 0. The lowest BCUT2D eigenvalue weighted by Gasteiger charge is -2.31. The monoisotopic (exact) mass is 286 g/mol. The molecule has 3 heteroatoms. The standard InChI is InChI=1S/C18H19FO2/c1-17(2)13-8-9-18(17,3)16(21)12(13)10-15(20)11-6-4-5-7-14(11)19/h4-7,10,13H,8-9H2,1-3H3/b12-10+/t13-,18+/m0/s1. The molecule has 0 aromatic heterocycles. The maximum absolute atomic E-state index is 13.7. The first kappa shape index (κ1) is 14.2. The number of carbonyl (C=O) groups excluding carboxylic acids is 2. The SMILES string of the molecule is CC1(C)[C@H]2CC[C@]1(C)C(=O)/C2=C/C(=O)c1ccccc1F. The molecule has 1 aromatic carbocycles. The summed E-state index contributed by atoms with van der Waals surface area (Å²) in [5.41, 5.74) is 0.0929. The van der Waals surface area contributed by atoms with E-state index in [0.29, 0.717) is 5.57 Å². The molecule has 2 bridgehead atoms. The van der Waals surface area contributed by atoms with Crippen LogP contribution in [0.4, 0.5) is 4.39 Å². The third-order valence-electron chi connectivity index (χ3n) is 5.79. The quantitative estimate of drug-likeness (QED) is 0.609. The molecule has 2 saturated carbocycles. The molecule has 0 unspecified atom stereocenters. The second kappa shape index (κ2) is 4.36. The van der Waals surface area contributed by atoms with Crippen LogP contribution in [0, 0.1) is 22.6 Å². The molecule has 0 heterocycles. The highest BCUT2D eigenvalue weighted by molar-refractivity contribution is 6.13. The molecule has 3 rings (SSSR count). The van der Waals surface area contributed by atoms with Crippen molar-refractivity contribution in [2.45, 2.75) is 33.6 Å². The summed E-state index contributed by atoms with van der Waals surface area (Å²) in [5.74, 6) is -0.789. The number of allylic oxidation sites excluding steroid dienone is 2. The summed E-state index contributed by atoms with van der Waals surface area (Å²) >= 11 is 0. The molecule has 1 aromatic rings. The van der Waals surface area contributed by atoms with Crippen molar-refractivity contribution in [3.8, 4) is 0 Å². The van der Waals surface area contributed by atoms with Crippen LogP contribution in [0.15, 0.2) is 35.9 Å². The highest BCUT2D eigenvalue weighted by Gasteiger charge is 2.63. The first-order chi connectivity index (χ1) is 9.79. The Morgan fingerprint density at radius 3 is 2.52 bits per heavy atom. The molecule has 2 fully saturated rings. The van der Waals surface area contributed by atoms with Crippen LogP contribution < -0.4 is 0 Å². The van der Waals surface area contributed by atoms with E-state index < -0.39 is 11.6 Å². The Morgan fingerprint density at radius 2 is 1.95 bits per heavy atom. The van der Waals surface area contributed by atoms with Gasteiger partial charge < -0.3 is 0 Å². The average Bonchev–Trinajstić information content (AvgIpc) is 2.73. The third-order valence-corrected chi connectivity index (χ3v) is 5.79. The van der Waals surface area contributed by atoms with Gasteiger partial charge in [-0.3, -0.25) is 9.59 Å². The number of benzene rings is 1. The van der Waals surface area contributed by atoms with Crippen molar-refractivity contribution in [2.24, 2.45) is 16.7 Å². The molecule has 2 aliphatic carbocycles. The van der Waals surface area contributed by atoms with Crippen molar-refractivity contribution < 1.29 is 14.0 Å². The number of carbonyl (C=O) groups is 2. The van der Waals surface area contributed by atoms with Gasteiger partial charge in [-0.1, -0.05) is 32.9 Å². The zero-order valence-electron chi connectivity index (χ0n) is 12.6. The lowest BCUT2D eigenvalue weighted by atomic mass is 9.70. The van der Waals surface area contributed by atoms with Crippen LogP contribution in [-0.4, -0.2) is 11.6 Å². The van der Waals surface area contributed by atoms with Gasteiger partial charge in [-0.25, -0.2) is 4.39 Å². The van der Waals surface area contributed by atoms with Gasteiger partial charge in [-0.2, -0.15) is 0 Å². The highest BCUT2D eigenvalue weighted by atomic mass is 19.1. The van der Waals surface area contributed by atoms with E-state index in [1.807, 2.05) is 6.92 Å². The summed E-state index contributed by atoms with van der Waals surface area (Å²) < 4.78 is 13.7. The van der Waals surface area contributed by atoms with E-state index in [1.54, 1.807) is 12.1 Å². The highest BCUT2D eigenvalue weighted by Crippen LogP contribution is 2.65. The zero-order chi connectivity index (χ0) is 15.4. The fraction of sp³-hybridized carbons (Fsp3) is 0.444. The molecule has 0 aliphatic heterocycles. The Kier molecular flexibility index (Phi) is 2.94. The molecular formula is C18H19FO2. The van der Waals surface area contributed by atoms with Crippen molar-refractivity contribution in [1.29, 1.82) is 0 Å². The van der Waals surface area contributed by atoms with Gasteiger partial charge in [0.25, 0.3) is 0 Å². The van der Waals surface area contributed by atoms with Crippen LogP contribution in [-0.2, 0) is 4.79 Å². The number of rotatable bonds is 2. The van der Waals surface area contributed by atoms with Crippen molar-refractivity contribution in [3.05, 3.63) is 47.3 Å². The fourth-order valence-electron chi connectivity index (χ4n) is 3.97. The minimum Gasteiger partial charge on any atom is -0.294 e. The summed E-state index contributed by atoms with van der Waals surface area (Å²) in [6.07, 6.45) is 3.16. The molecule has 0 saturated heterocycles. The summed E-state index contributed by atoms with van der Waals surface area (Å²) in [6, 6.07) is 5.90. The molecular weight excluding hydrogens is 267 g/mol. The molecule has 0 amide bonds. The van der Waals surface area contributed by atoms with Gasteiger partial charge >= 0.3 is 0 Å². The van der Waals surface area contributed by atoms with Crippen LogP contribution >= 0.6 is 0 Å². The molecule has 21 heavy (non-hydrogen) atoms. The van der Waals surface area contributed by atoms with Crippen molar-refractivity contribution in [1.82, 2.24) is 0 Å². The predicted octanol–water partition coefficient (Wildman–Crippen LogP) is 3.96. The number of halogens is 1. The fourth-order valence-corrected chi connectivity index (χ4v) is 3.97. The van der Waals surface area contributed by atoms with E-state index in [4.69, 9.17) is 0 Å². The first-order valence-corrected chi connectivity index (χ1v) is 7.34. The predicted molar refractivity (Wildman–Crippen MR) is 78.4 cm³/mol. The third kappa shape index (κ3) is 1.76. The maximum atomic E-state index is 13.7. The molecule has 0 spiro atoms. The van der Waals surface area contributed by atoms with Gasteiger partial charge in [0, 0.05) is 11.0 Å².